The van der Waals surface area contributed by atoms with Gasteiger partial charge in [0.05, 0.1) is 31.2 Å². The van der Waals surface area contributed by atoms with E-state index in [0.717, 1.165) is 23.3 Å². The Balaban J connectivity index is 1.50. The number of allylic oxidation sites excluding steroid dienone is 2. The van der Waals surface area contributed by atoms with E-state index >= 15 is 0 Å². The van der Waals surface area contributed by atoms with E-state index in [0.29, 0.717) is 56.2 Å². The van der Waals surface area contributed by atoms with E-state index < -0.39 is 17.1 Å². The molecule has 8 heteroatoms. The van der Waals surface area contributed by atoms with E-state index in [-0.39, 0.29) is 24.4 Å². The lowest BCUT2D eigenvalue weighted by atomic mass is 9.74. The van der Waals surface area contributed by atoms with Crippen LogP contribution in [-0.4, -0.2) is 55.1 Å². The van der Waals surface area contributed by atoms with E-state index in [1.165, 1.54) is 6.07 Å². The molecule has 1 saturated heterocycles. The summed E-state index contributed by atoms with van der Waals surface area (Å²) in [6.45, 7) is 11.3. The van der Waals surface area contributed by atoms with Crippen molar-refractivity contribution in [2.24, 2.45) is 11.3 Å². The number of piperidine rings is 1. The number of aliphatic hydroxyl groups excluding tert-OH is 1. The highest BCUT2D eigenvalue weighted by molar-refractivity contribution is 5.84. The van der Waals surface area contributed by atoms with Gasteiger partial charge in [0.1, 0.15) is 17.2 Å². The highest BCUT2D eigenvalue weighted by Gasteiger charge is 2.35. The summed E-state index contributed by atoms with van der Waals surface area (Å²) >= 11 is 0. The molecule has 3 rings (SSSR count). The standard InChI is InChI=1S/C28H41FN2O5/c1-19(32)17-30-25(33)28(5)12-8-21(9-13-28)23-7-6-22(16-24(23)29)35-18-20-10-14-31(15-11-20)26(34)36-27(2,3)4/h6-8,16,19-20,32H,9-15,17-18H2,1-5H3,(H,30,33)/p+1/t19-,28-/m0/s1. The third kappa shape index (κ3) is 7.77. The molecular formula is C28H42FN2O5+. The average Bonchev–Trinajstić information content (AvgIpc) is 2.81. The quantitative estimate of drug-likeness (QED) is 0.528. The molecule has 0 aromatic heterocycles. The van der Waals surface area contributed by atoms with E-state index in [2.05, 4.69) is 5.32 Å². The third-order valence-corrected chi connectivity index (χ3v) is 7.02. The SMILES string of the molecule is C[C@H](O)CNC(=O)[C@@]1(C)CC=C(c2ccc(OCC3CC[NH+](C(=O)OC(C)(C)C)CC3)cc2F)CC1. The molecule has 1 aromatic carbocycles. The van der Waals surface area contributed by atoms with Crippen LogP contribution in [0.1, 0.15) is 72.3 Å². The fraction of sp³-hybridized carbons (Fsp3) is 0.643. The normalized spacial score (nSPS) is 25.5. The first-order valence-corrected chi connectivity index (χ1v) is 13.0. The topological polar surface area (TPSA) is 89.3 Å². The smallest absolute Gasteiger partial charge is 0.493 e. The zero-order valence-electron chi connectivity index (χ0n) is 22.3. The van der Waals surface area contributed by atoms with Crippen LogP contribution in [-0.2, 0) is 9.53 Å². The predicted molar refractivity (Wildman–Crippen MR) is 136 cm³/mol. The number of amides is 2. The number of aliphatic hydroxyl groups is 1. The Morgan fingerprint density at radius 2 is 1.97 bits per heavy atom. The highest BCUT2D eigenvalue weighted by Crippen LogP contribution is 2.39. The monoisotopic (exact) mass is 505 g/mol. The summed E-state index contributed by atoms with van der Waals surface area (Å²) in [5.41, 5.74) is 0.403. The molecule has 3 N–H and O–H groups in total. The van der Waals surface area contributed by atoms with Crippen LogP contribution in [0.4, 0.5) is 9.18 Å². The van der Waals surface area contributed by atoms with E-state index in [4.69, 9.17) is 9.47 Å². The fourth-order valence-electron chi connectivity index (χ4n) is 4.68. The summed E-state index contributed by atoms with van der Waals surface area (Å²) < 4.78 is 26.3. The van der Waals surface area contributed by atoms with Crippen LogP contribution >= 0.6 is 0 Å². The lowest BCUT2D eigenvalue weighted by molar-refractivity contribution is -0.832. The molecule has 1 aromatic rings. The number of carbonyl (C=O) groups excluding carboxylic acids is 2. The van der Waals surface area contributed by atoms with Crippen molar-refractivity contribution in [2.45, 2.75) is 78.4 Å². The molecule has 200 valence electrons. The second-order valence-electron chi connectivity index (χ2n) is 11.6. The minimum Gasteiger partial charge on any atom is -0.493 e. The summed E-state index contributed by atoms with van der Waals surface area (Å²) in [4.78, 5) is 25.6. The molecule has 1 heterocycles. The zero-order chi connectivity index (χ0) is 26.5. The maximum atomic E-state index is 15.0. The summed E-state index contributed by atoms with van der Waals surface area (Å²) in [6, 6.07) is 4.98. The number of nitrogens with one attached hydrogen (secondary N) is 2. The first kappa shape index (κ1) is 28.1. The fourth-order valence-corrected chi connectivity index (χ4v) is 4.68. The zero-order valence-corrected chi connectivity index (χ0v) is 22.3. The Kier molecular flexibility index (Phi) is 9.17. The lowest BCUT2D eigenvalue weighted by Gasteiger charge is -2.32. The van der Waals surface area contributed by atoms with Crippen LogP contribution in [0.3, 0.4) is 0 Å². The molecule has 2 amide bonds. The van der Waals surface area contributed by atoms with Gasteiger partial charge in [-0.25, -0.2) is 9.29 Å². The number of hydrogen-bond donors (Lipinski definition) is 3. The number of quaternary nitrogens is 1. The Hall–Kier alpha value is -2.45. The van der Waals surface area contributed by atoms with Gasteiger partial charge < -0.3 is 19.9 Å². The molecule has 0 spiro atoms. The second-order valence-corrected chi connectivity index (χ2v) is 11.6. The van der Waals surface area contributed by atoms with Crippen LogP contribution in [0.2, 0.25) is 0 Å². The van der Waals surface area contributed by atoms with Gasteiger partial charge in [-0.05, 0) is 64.7 Å². The third-order valence-electron chi connectivity index (χ3n) is 7.02. The molecule has 0 bridgehead atoms. The van der Waals surface area contributed by atoms with Crippen molar-refractivity contribution in [3.8, 4) is 5.75 Å². The summed E-state index contributed by atoms with van der Waals surface area (Å²) in [5, 5.41) is 12.2. The number of hydrogen-bond acceptors (Lipinski definition) is 5. The van der Waals surface area contributed by atoms with Gasteiger partial charge in [0.15, 0.2) is 0 Å². The summed E-state index contributed by atoms with van der Waals surface area (Å²) in [7, 11) is 0. The van der Waals surface area contributed by atoms with Crippen LogP contribution in [0, 0.1) is 17.2 Å². The number of benzene rings is 1. The van der Waals surface area contributed by atoms with Crippen molar-refractivity contribution < 1.29 is 33.5 Å². The number of alkyl carbamates (subject to hydrolysis) is 2. The Labute approximate surface area is 214 Å². The van der Waals surface area contributed by atoms with Crippen molar-refractivity contribution in [3.05, 3.63) is 35.7 Å². The number of likely N-dealkylation sites (tertiary alicyclic amines) is 1. The maximum absolute atomic E-state index is 15.0. The average molecular weight is 506 g/mol. The van der Waals surface area contributed by atoms with Crippen molar-refractivity contribution in [1.29, 1.82) is 0 Å². The summed E-state index contributed by atoms with van der Waals surface area (Å²) in [6.07, 6.45) is 4.61. The Morgan fingerprint density at radius 3 is 2.53 bits per heavy atom. The van der Waals surface area contributed by atoms with Gasteiger partial charge in [-0.1, -0.05) is 13.0 Å². The van der Waals surface area contributed by atoms with Gasteiger partial charge in [0.2, 0.25) is 5.91 Å². The predicted octanol–water partition coefficient (Wildman–Crippen LogP) is 3.51. The lowest BCUT2D eigenvalue weighted by Crippen LogP contribution is -3.15. The number of halogens is 1. The first-order valence-electron chi connectivity index (χ1n) is 13.0. The molecule has 7 nitrogen and oxygen atoms in total. The molecule has 36 heavy (non-hydrogen) atoms. The molecule has 1 aliphatic heterocycles. The molecule has 1 fully saturated rings. The number of ether oxygens (including phenoxy) is 2. The Bertz CT molecular complexity index is 963. The van der Waals surface area contributed by atoms with E-state index in [1.54, 1.807) is 19.1 Å². The largest absolute Gasteiger partial charge is 0.514 e. The second kappa shape index (κ2) is 11.7. The van der Waals surface area contributed by atoms with E-state index in [9.17, 15) is 19.1 Å². The van der Waals surface area contributed by atoms with Gasteiger partial charge >= 0.3 is 6.09 Å². The van der Waals surface area contributed by atoms with Crippen molar-refractivity contribution >= 4 is 17.6 Å². The van der Waals surface area contributed by atoms with Gasteiger partial charge in [-0.15, -0.1) is 0 Å². The van der Waals surface area contributed by atoms with Crippen LogP contribution in [0.5, 0.6) is 5.75 Å². The molecular weight excluding hydrogens is 463 g/mol. The highest BCUT2D eigenvalue weighted by atomic mass is 19.1. The minimum absolute atomic E-state index is 0.0820. The molecule has 2 aliphatic rings. The molecule has 1 aliphatic carbocycles. The molecule has 2 atom stereocenters. The molecule has 0 unspecified atom stereocenters. The van der Waals surface area contributed by atoms with Gasteiger partial charge in [-0.2, -0.15) is 4.79 Å². The first-order chi connectivity index (χ1) is 16.9. The summed E-state index contributed by atoms with van der Waals surface area (Å²) in [5.74, 6) is 0.404. The van der Waals surface area contributed by atoms with Crippen LogP contribution in [0.15, 0.2) is 24.3 Å². The molecule has 0 radical (unpaired) electrons. The van der Waals surface area contributed by atoms with Crippen LogP contribution < -0.4 is 15.0 Å². The van der Waals surface area contributed by atoms with Crippen molar-refractivity contribution in [1.82, 2.24) is 5.32 Å². The maximum Gasteiger partial charge on any atom is 0.514 e. The number of carbonyl (C=O) groups is 2. The molecule has 0 saturated carbocycles. The van der Waals surface area contributed by atoms with Gasteiger partial charge in [0, 0.05) is 36.9 Å². The minimum atomic E-state index is -0.590. The number of rotatable bonds is 7. The van der Waals surface area contributed by atoms with E-state index in [1.807, 2.05) is 33.8 Å². The van der Waals surface area contributed by atoms with Crippen molar-refractivity contribution in [2.75, 3.05) is 26.2 Å². The van der Waals surface area contributed by atoms with Gasteiger partial charge in [-0.3, -0.25) is 4.79 Å². The van der Waals surface area contributed by atoms with Crippen molar-refractivity contribution in [3.63, 3.8) is 0 Å². The van der Waals surface area contributed by atoms with Gasteiger partial charge in [0.25, 0.3) is 0 Å². The van der Waals surface area contributed by atoms with Crippen LogP contribution in [0.25, 0.3) is 5.57 Å². The Morgan fingerprint density at radius 1 is 1.28 bits per heavy atom.